The molecule has 1 heterocycles. The van der Waals surface area contributed by atoms with Crippen LogP contribution in [0, 0.1) is 5.92 Å². The first-order chi connectivity index (χ1) is 9.31. The number of amides is 1. The van der Waals surface area contributed by atoms with Crippen molar-refractivity contribution in [2.45, 2.75) is 31.1 Å². The van der Waals surface area contributed by atoms with Crippen molar-refractivity contribution in [1.82, 2.24) is 4.90 Å². The largest absolute Gasteiger partial charge is 0.480 e. The SMILES string of the molecule is N[C@@]1(C(=O)O)CN(C(=O)CCO)CC1CCCB(O)O. The van der Waals surface area contributed by atoms with Gasteiger partial charge in [-0.2, -0.15) is 0 Å². The van der Waals surface area contributed by atoms with Crippen LogP contribution in [0.5, 0.6) is 0 Å². The summed E-state index contributed by atoms with van der Waals surface area (Å²) in [5.74, 6) is -1.94. The molecule has 0 aliphatic carbocycles. The highest BCUT2D eigenvalue weighted by atomic mass is 16.4. The van der Waals surface area contributed by atoms with Gasteiger partial charge in [0.05, 0.1) is 6.61 Å². The lowest BCUT2D eigenvalue weighted by Gasteiger charge is -2.25. The molecular formula is C11H21BN2O6. The number of carbonyl (C=O) groups excluding carboxylic acids is 1. The number of likely N-dealkylation sites (tertiary alicyclic amines) is 1. The van der Waals surface area contributed by atoms with Crippen LogP contribution >= 0.6 is 0 Å². The summed E-state index contributed by atoms with van der Waals surface area (Å²) >= 11 is 0. The predicted octanol–water partition coefficient (Wildman–Crippen LogP) is -2.14. The summed E-state index contributed by atoms with van der Waals surface area (Å²) in [7, 11) is -1.43. The molecule has 0 aromatic rings. The zero-order valence-corrected chi connectivity index (χ0v) is 11.2. The van der Waals surface area contributed by atoms with Crippen molar-refractivity contribution in [3.8, 4) is 0 Å². The van der Waals surface area contributed by atoms with Gasteiger partial charge in [0.2, 0.25) is 5.91 Å². The Labute approximate surface area is 117 Å². The first kappa shape index (κ1) is 16.9. The molecular weight excluding hydrogens is 267 g/mol. The van der Waals surface area contributed by atoms with E-state index in [0.29, 0.717) is 12.8 Å². The molecule has 114 valence electrons. The van der Waals surface area contributed by atoms with E-state index in [1.54, 1.807) is 0 Å². The molecule has 1 unspecified atom stereocenters. The summed E-state index contributed by atoms with van der Waals surface area (Å²) in [6.45, 7) is -0.169. The van der Waals surface area contributed by atoms with Crippen LogP contribution in [0.3, 0.4) is 0 Å². The maximum absolute atomic E-state index is 11.7. The minimum Gasteiger partial charge on any atom is -0.480 e. The van der Waals surface area contributed by atoms with Crippen molar-refractivity contribution < 1.29 is 29.9 Å². The summed E-state index contributed by atoms with van der Waals surface area (Å²) in [5.41, 5.74) is 4.38. The molecule has 1 aliphatic rings. The number of nitrogens with zero attached hydrogens (tertiary/aromatic N) is 1. The zero-order chi connectivity index (χ0) is 15.3. The van der Waals surface area contributed by atoms with Crippen LogP contribution < -0.4 is 5.73 Å². The second-order valence-electron chi connectivity index (χ2n) is 5.20. The quantitative estimate of drug-likeness (QED) is 0.336. The molecule has 1 aliphatic heterocycles. The monoisotopic (exact) mass is 288 g/mol. The number of aliphatic hydroxyl groups is 1. The topological polar surface area (TPSA) is 144 Å². The van der Waals surface area contributed by atoms with E-state index in [4.69, 9.17) is 20.9 Å². The van der Waals surface area contributed by atoms with E-state index in [1.807, 2.05) is 0 Å². The van der Waals surface area contributed by atoms with Crippen molar-refractivity contribution in [2.24, 2.45) is 11.7 Å². The lowest BCUT2D eigenvalue weighted by Crippen LogP contribution is -2.55. The molecule has 9 heteroatoms. The molecule has 0 saturated carbocycles. The summed E-state index contributed by atoms with van der Waals surface area (Å²) in [4.78, 5) is 24.4. The number of carbonyl (C=O) groups is 2. The molecule has 0 aromatic carbocycles. The van der Waals surface area contributed by atoms with Gasteiger partial charge in [-0.3, -0.25) is 9.59 Å². The fraction of sp³-hybridized carbons (Fsp3) is 0.818. The van der Waals surface area contributed by atoms with Crippen molar-refractivity contribution in [3.63, 3.8) is 0 Å². The second-order valence-corrected chi connectivity index (χ2v) is 5.20. The molecule has 0 aromatic heterocycles. The van der Waals surface area contributed by atoms with Gasteiger partial charge in [0.1, 0.15) is 5.54 Å². The van der Waals surface area contributed by atoms with Crippen LogP contribution in [0.25, 0.3) is 0 Å². The number of rotatable bonds is 7. The fourth-order valence-corrected chi connectivity index (χ4v) is 2.52. The third kappa shape index (κ3) is 3.92. The molecule has 8 nitrogen and oxygen atoms in total. The number of carboxylic acid groups (broad SMARTS) is 1. The Morgan fingerprint density at radius 2 is 2.05 bits per heavy atom. The third-order valence-corrected chi connectivity index (χ3v) is 3.71. The van der Waals surface area contributed by atoms with Crippen LogP contribution in [0.2, 0.25) is 6.32 Å². The summed E-state index contributed by atoms with van der Waals surface area (Å²) in [5, 5.41) is 35.6. The van der Waals surface area contributed by atoms with Crippen LogP contribution in [-0.2, 0) is 9.59 Å². The highest BCUT2D eigenvalue weighted by molar-refractivity contribution is 6.40. The van der Waals surface area contributed by atoms with Gasteiger partial charge in [0.15, 0.2) is 0 Å². The van der Waals surface area contributed by atoms with Gasteiger partial charge in [-0.1, -0.05) is 6.42 Å². The van der Waals surface area contributed by atoms with Gasteiger partial charge < -0.3 is 30.9 Å². The number of carboxylic acids is 1. The molecule has 0 radical (unpaired) electrons. The standard InChI is InChI=1S/C11H21BN2O6/c13-11(10(17)18)7-14(9(16)3-5-15)6-8(11)2-1-4-12(19)20/h8,15,19-20H,1-7,13H2,(H,17,18)/t8?,11-/m0/s1. The predicted molar refractivity (Wildman–Crippen MR) is 70.6 cm³/mol. The van der Waals surface area contributed by atoms with Crippen molar-refractivity contribution in [1.29, 1.82) is 0 Å². The fourth-order valence-electron chi connectivity index (χ4n) is 2.52. The summed E-state index contributed by atoms with van der Waals surface area (Å²) in [6, 6.07) is 0. The van der Waals surface area contributed by atoms with E-state index in [9.17, 15) is 14.7 Å². The molecule has 0 bridgehead atoms. The van der Waals surface area contributed by atoms with Crippen LogP contribution in [-0.4, -0.2) is 69.4 Å². The summed E-state index contributed by atoms with van der Waals surface area (Å²) in [6.07, 6.45) is 0.883. The molecule has 1 rings (SSSR count). The Bertz CT molecular complexity index is 367. The van der Waals surface area contributed by atoms with Crippen LogP contribution in [0.1, 0.15) is 19.3 Å². The average molecular weight is 288 g/mol. The van der Waals surface area contributed by atoms with Gasteiger partial charge in [0.25, 0.3) is 0 Å². The number of aliphatic hydroxyl groups excluding tert-OH is 1. The molecule has 1 fully saturated rings. The number of nitrogens with two attached hydrogens (primary N) is 1. The van der Waals surface area contributed by atoms with E-state index in [0.717, 1.165) is 0 Å². The van der Waals surface area contributed by atoms with E-state index in [2.05, 4.69) is 0 Å². The zero-order valence-electron chi connectivity index (χ0n) is 11.2. The first-order valence-electron chi connectivity index (χ1n) is 6.58. The van der Waals surface area contributed by atoms with E-state index in [-0.39, 0.29) is 38.3 Å². The molecule has 20 heavy (non-hydrogen) atoms. The molecule has 0 spiro atoms. The van der Waals surface area contributed by atoms with Crippen molar-refractivity contribution in [2.75, 3.05) is 19.7 Å². The highest BCUT2D eigenvalue weighted by Crippen LogP contribution is 2.30. The van der Waals surface area contributed by atoms with Crippen molar-refractivity contribution in [3.05, 3.63) is 0 Å². The Balaban J connectivity index is 2.69. The number of hydrogen-bond acceptors (Lipinski definition) is 6. The van der Waals surface area contributed by atoms with E-state index < -0.39 is 24.5 Å². The van der Waals surface area contributed by atoms with Crippen LogP contribution in [0.15, 0.2) is 0 Å². The van der Waals surface area contributed by atoms with Crippen LogP contribution in [0.4, 0.5) is 0 Å². The summed E-state index contributed by atoms with van der Waals surface area (Å²) < 4.78 is 0. The Morgan fingerprint density at radius 1 is 1.40 bits per heavy atom. The molecule has 1 amide bonds. The Morgan fingerprint density at radius 3 is 2.55 bits per heavy atom. The van der Waals surface area contributed by atoms with Gasteiger partial charge in [-0.25, -0.2) is 0 Å². The molecule has 1 saturated heterocycles. The number of aliphatic carboxylic acids is 1. The van der Waals surface area contributed by atoms with Gasteiger partial charge in [-0.05, 0) is 12.7 Å². The third-order valence-electron chi connectivity index (χ3n) is 3.71. The average Bonchev–Trinajstić information content (AvgIpc) is 2.68. The highest BCUT2D eigenvalue weighted by Gasteiger charge is 2.50. The van der Waals surface area contributed by atoms with Gasteiger partial charge in [-0.15, -0.1) is 0 Å². The van der Waals surface area contributed by atoms with E-state index >= 15 is 0 Å². The normalized spacial score (nSPS) is 25.8. The minimum absolute atomic E-state index is 0.0578. The van der Waals surface area contributed by atoms with Gasteiger partial charge >= 0.3 is 13.1 Å². The molecule has 2 atom stereocenters. The minimum atomic E-state index is -1.52. The van der Waals surface area contributed by atoms with E-state index in [1.165, 1.54) is 4.90 Å². The first-order valence-corrected chi connectivity index (χ1v) is 6.58. The maximum Gasteiger partial charge on any atom is 0.451 e. The Kier molecular flexibility index (Phi) is 5.94. The lowest BCUT2D eigenvalue weighted by atomic mass is 9.78. The maximum atomic E-state index is 11.7. The molecule has 6 N–H and O–H groups in total. The smallest absolute Gasteiger partial charge is 0.451 e. The van der Waals surface area contributed by atoms with Crippen molar-refractivity contribution >= 4 is 19.0 Å². The lowest BCUT2D eigenvalue weighted by molar-refractivity contribution is -0.144. The van der Waals surface area contributed by atoms with Gasteiger partial charge in [0, 0.05) is 25.4 Å². The number of hydrogen-bond donors (Lipinski definition) is 5. The Hall–Kier alpha value is -1.16. The second kappa shape index (κ2) is 7.03.